The van der Waals surface area contributed by atoms with E-state index in [0.717, 1.165) is 18.4 Å². The predicted octanol–water partition coefficient (Wildman–Crippen LogP) is 3.10. The van der Waals surface area contributed by atoms with Crippen molar-refractivity contribution in [3.05, 3.63) is 41.0 Å². The van der Waals surface area contributed by atoms with Crippen LogP contribution < -0.4 is 5.32 Å². The number of piperidine rings is 1. The van der Waals surface area contributed by atoms with Crippen LogP contribution in [0.2, 0.25) is 0 Å². The van der Waals surface area contributed by atoms with Gasteiger partial charge in [-0.25, -0.2) is 4.79 Å². The van der Waals surface area contributed by atoms with Gasteiger partial charge in [-0.1, -0.05) is 23.8 Å². The van der Waals surface area contributed by atoms with Crippen LogP contribution in [-0.4, -0.2) is 23.2 Å². The molecule has 2 aliphatic rings. The van der Waals surface area contributed by atoms with Gasteiger partial charge < -0.3 is 10.4 Å². The maximum absolute atomic E-state index is 10.8. The Morgan fingerprint density at radius 3 is 2.26 bits per heavy atom. The topological polar surface area (TPSA) is 49.3 Å². The van der Waals surface area contributed by atoms with Crippen LogP contribution in [0, 0.1) is 0 Å². The molecule has 3 rings (SSSR count). The quantitative estimate of drug-likeness (QED) is 0.875. The Morgan fingerprint density at radius 2 is 1.74 bits per heavy atom. The van der Waals surface area contributed by atoms with Crippen molar-refractivity contribution >= 4 is 24.5 Å². The molecule has 1 aromatic rings. The minimum absolute atomic E-state index is 0. The molecule has 0 saturated carbocycles. The van der Waals surface area contributed by atoms with Gasteiger partial charge in [-0.15, -0.1) is 12.4 Å². The van der Waals surface area contributed by atoms with Crippen LogP contribution in [-0.2, 0) is 0 Å². The third-order valence-electron chi connectivity index (χ3n) is 3.88. The second-order valence-corrected chi connectivity index (χ2v) is 5.28. The molecular formula is C15H18ClNO2. The molecule has 0 aromatic heterocycles. The van der Waals surface area contributed by atoms with Crippen LogP contribution in [0.5, 0.6) is 0 Å². The molecule has 0 radical (unpaired) electrons. The molecule has 1 aromatic carbocycles. The molecule has 0 aliphatic carbocycles. The molecule has 19 heavy (non-hydrogen) atoms. The highest BCUT2D eigenvalue weighted by Gasteiger charge is 2.29. The van der Waals surface area contributed by atoms with Gasteiger partial charge >= 0.3 is 5.97 Å². The minimum atomic E-state index is -0.867. The van der Waals surface area contributed by atoms with Crippen molar-refractivity contribution in [1.82, 2.24) is 5.32 Å². The summed E-state index contributed by atoms with van der Waals surface area (Å²) in [5.41, 5.74) is 2.95. The number of carboxylic acids is 1. The number of carbonyl (C=O) groups is 1. The third kappa shape index (κ3) is 3.17. The summed E-state index contributed by atoms with van der Waals surface area (Å²) in [6, 6.07) is 8.44. The van der Waals surface area contributed by atoms with Gasteiger partial charge in [-0.2, -0.15) is 0 Å². The molecule has 0 spiro atoms. The molecule has 2 saturated heterocycles. The van der Waals surface area contributed by atoms with Crippen LogP contribution in [0.15, 0.2) is 29.8 Å². The molecule has 2 atom stereocenters. The molecule has 4 heteroatoms. The Hall–Kier alpha value is -1.32. The fourth-order valence-corrected chi connectivity index (χ4v) is 3.02. The standard InChI is InChI=1S/C15H17NO2.ClH/c17-15(18)12-3-1-10(2-4-12)7-11-8-13-5-6-14(9-11)16-13;/h1-4,7,13-14,16H,5-6,8-9H2,(H,17,18);1H. The first kappa shape index (κ1) is 14.1. The Morgan fingerprint density at radius 1 is 1.16 bits per heavy atom. The Labute approximate surface area is 119 Å². The molecular weight excluding hydrogens is 262 g/mol. The van der Waals surface area contributed by atoms with E-state index in [-0.39, 0.29) is 12.4 Å². The SMILES string of the molecule is Cl.O=C(O)c1ccc(C=C2CC3CCC(C2)N3)cc1. The molecule has 2 N–H and O–H groups in total. The number of benzene rings is 1. The van der Waals surface area contributed by atoms with Gasteiger partial charge in [-0.05, 0) is 43.4 Å². The van der Waals surface area contributed by atoms with Crippen molar-refractivity contribution in [2.75, 3.05) is 0 Å². The summed E-state index contributed by atoms with van der Waals surface area (Å²) >= 11 is 0. The number of nitrogens with one attached hydrogen (secondary N) is 1. The zero-order valence-electron chi connectivity index (χ0n) is 10.6. The highest BCUT2D eigenvalue weighted by Crippen LogP contribution is 2.31. The number of halogens is 1. The van der Waals surface area contributed by atoms with Crippen molar-refractivity contribution < 1.29 is 9.90 Å². The number of carboxylic acid groups (broad SMARTS) is 1. The zero-order valence-corrected chi connectivity index (χ0v) is 11.5. The van der Waals surface area contributed by atoms with Crippen molar-refractivity contribution in [3.8, 4) is 0 Å². The van der Waals surface area contributed by atoms with E-state index in [4.69, 9.17) is 5.11 Å². The van der Waals surface area contributed by atoms with Crippen LogP contribution in [0.1, 0.15) is 41.6 Å². The summed E-state index contributed by atoms with van der Waals surface area (Å²) in [5, 5.41) is 12.5. The van der Waals surface area contributed by atoms with Crippen molar-refractivity contribution in [1.29, 1.82) is 0 Å². The highest BCUT2D eigenvalue weighted by atomic mass is 35.5. The fraction of sp³-hybridized carbons (Fsp3) is 0.400. The number of rotatable bonds is 2. The van der Waals surface area contributed by atoms with Gasteiger partial charge in [0, 0.05) is 12.1 Å². The van der Waals surface area contributed by atoms with Gasteiger partial charge in [0.1, 0.15) is 0 Å². The molecule has 2 fully saturated rings. The van der Waals surface area contributed by atoms with E-state index in [2.05, 4.69) is 11.4 Å². The first-order valence-electron chi connectivity index (χ1n) is 6.49. The normalized spacial score (nSPS) is 24.7. The van der Waals surface area contributed by atoms with E-state index in [9.17, 15) is 4.79 Å². The molecule has 2 unspecified atom stereocenters. The minimum Gasteiger partial charge on any atom is -0.478 e. The average molecular weight is 280 g/mol. The number of fused-ring (bicyclic) bond motifs is 2. The van der Waals surface area contributed by atoms with Crippen LogP contribution in [0.25, 0.3) is 6.08 Å². The Kier molecular flexibility index (Phi) is 4.27. The molecule has 2 heterocycles. The Bertz CT molecular complexity index is 481. The van der Waals surface area contributed by atoms with Gasteiger partial charge in [0.15, 0.2) is 0 Å². The van der Waals surface area contributed by atoms with Gasteiger partial charge in [0.25, 0.3) is 0 Å². The molecule has 2 aliphatic heterocycles. The fourth-order valence-electron chi connectivity index (χ4n) is 3.02. The lowest BCUT2D eigenvalue weighted by Gasteiger charge is -2.23. The second kappa shape index (κ2) is 5.76. The summed E-state index contributed by atoms with van der Waals surface area (Å²) in [7, 11) is 0. The van der Waals surface area contributed by atoms with Crippen LogP contribution >= 0.6 is 12.4 Å². The lowest BCUT2D eigenvalue weighted by molar-refractivity contribution is 0.0697. The highest BCUT2D eigenvalue weighted by molar-refractivity contribution is 5.87. The smallest absolute Gasteiger partial charge is 0.335 e. The number of hydrogen-bond donors (Lipinski definition) is 2. The number of aromatic carboxylic acids is 1. The summed E-state index contributed by atoms with van der Waals surface area (Å²) in [6.07, 6.45) is 7.08. The monoisotopic (exact) mass is 279 g/mol. The number of hydrogen-bond acceptors (Lipinski definition) is 2. The van der Waals surface area contributed by atoms with E-state index < -0.39 is 5.97 Å². The van der Waals surface area contributed by atoms with E-state index in [1.54, 1.807) is 12.1 Å². The molecule has 3 nitrogen and oxygen atoms in total. The Balaban J connectivity index is 0.00000133. The summed E-state index contributed by atoms with van der Waals surface area (Å²) in [5.74, 6) is -0.867. The zero-order chi connectivity index (χ0) is 12.5. The molecule has 102 valence electrons. The van der Waals surface area contributed by atoms with E-state index in [1.807, 2.05) is 12.1 Å². The van der Waals surface area contributed by atoms with Crippen LogP contribution in [0.3, 0.4) is 0 Å². The molecule has 2 bridgehead atoms. The largest absolute Gasteiger partial charge is 0.478 e. The van der Waals surface area contributed by atoms with Crippen molar-refractivity contribution in [2.45, 2.75) is 37.8 Å². The van der Waals surface area contributed by atoms with E-state index in [0.29, 0.717) is 17.6 Å². The summed E-state index contributed by atoms with van der Waals surface area (Å²) in [6.45, 7) is 0. The van der Waals surface area contributed by atoms with Crippen molar-refractivity contribution in [2.24, 2.45) is 0 Å². The van der Waals surface area contributed by atoms with E-state index in [1.165, 1.54) is 18.4 Å². The first-order valence-corrected chi connectivity index (χ1v) is 6.49. The maximum atomic E-state index is 10.8. The van der Waals surface area contributed by atoms with E-state index >= 15 is 0 Å². The summed E-state index contributed by atoms with van der Waals surface area (Å²) < 4.78 is 0. The predicted molar refractivity (Wildman–Crippen MR) is 77.8 cm³/mol. The van der Waals surface area contributed by atoms with Gasteiger partial charge in [-0.3, -0.25) is 0 Å². The van der Waals surface area contributed by atoms with Gasteiger partial charge in [0.2, 0.25) is 0 Å². The first-order chi connectivity index (χ1) is 8.70. The van der Waals surface area contributed by atoms with Crippen LogP contribution in [0.4, 0.5) is 0 Å². The second-order valence-electron chi connectivity index (χ2n) is 5.28. The third-order valence-corrected chi connectivity index (χ3v) is 3.88. The lowest BCUT2D eigenvalue weighted by Crippen LogP contribution is -2.34. The average Bonchev–Trinajstić information content (AvgIpc) is 2.69. The molecule has 0 amide bonds. The maximum Gasteiger partial charge on any atom is 0.335 e. The summed E-state index contributed by atoms with van der Waals surface area (Å²) in [4.78, 5) is 10.8. The van der Waals surface area contributed by atoms with Crippen molar-refractivity contribution in [3.63, 3.8) is 0 Å². The van der Waals surface area contributed by atoms with Gasteiger partial charge in [0.05, 0.1) is 5.56 Å². The lowest BCUT2D eigenvalue weighted by atomic mass is 9.96.